The molecule has 2 aliphatic rings. The average molecular weight is 877 g/mol. The number of carbonyl (C=O) groups excluding carboxylic acids is 4. The first-order valence-corrected chi connectivity index (χ1v) is 22.8. The van der Waals surface area contributed by atoms with E-state index < -0.39 is 24.3 Å². The van der Waals surface area contributed by atoms with Crippen molar-refractivity contribution in [2.45, 2.75) is 77.5 Å². The Morgan fingerprint density at radius 1 is 0.710 bits per heavy atom. The van der Waals surface area contributed by atoms with E-state index in [0.29, 0.717) is 13.1 Å². The van der Waals surface area contributed by atoms with Gasteiger partial charge in [0.25, 0.3) is 0 Å². The van der Waals surface area contributed by atoms with Crippen LogP contribution in [-0.4, -0.2) is 93.4 Å². The van der Waals surface area contributed by atoms with Crippen LogP contribution in [0.2, 0.25) is 0 Å². The standard InChI is InChI=1S/C46H52N8O6S2/c1-25(2)38(49-45(57)59-5)43(55)53-19-7-9-36(53)34-21-33(51-52-34)29-15-11-27(12-16-29)31-23-61-41-32(24-62-40(31)41)28-13-17-30(18-14-28)35-22-47-42(48-35)37-10-8-20-54(37)44(56)39(26(3)4)50-46(58)60-6/h11-18,21-26,36-39H,7-10,19-20H2,1-6H3,(H,47,48)(H,49,57)(H,50,58)(H,51,52)/t36?,37?,38-,39-/m0/s1. The summed E-state index contributed by atoms with van der Waals surface area (Å²) in [5, 5.41) is 17.7. The summed E-state index contributed by atoms with van der Waals surface area (Å²) in [7, 11) is 2.59. The molecule has 2 unspecified atom stereocenters. The zero-order chi connectivity index (χ0) is 43.7. The van der Waals surface area contributed by atoms with Crippen LogP contribution >= 0.6 is 22.7 Å². The maximum atomic E-state index is 13.6. The number of amides is 4. The number of benzene rings is 2. The molecule has 4 aromatic heterocycles. The number of rotatable bonds is 12. The highest BCUT2D eigenvalue weighted by Gasteiger charge is 2.39. The number of fused-ring (bicyclic) bond motifs is 1. The monoisotopic (exact) mass is 876 g/mol. The molecule has 4 N–H and O–H groups in total. The van der Waals surface area contributed by atoms with Gasteiger partial charge in [-0.1, -0.05) is 76.2 Å². The van der Waals surface area contributed by atoms with Crippen LogP contribution in [-0.2, 0) is 19.1 Å². The van der Waals surface area contributed by atoms with Crippen LogP contribution in [0.15, 0.2) is 71.6 Å². The number of hydrogen-bond donors (Lipinski definition) is 4. The first-order chi connectivity index (χ1) is 29.9. The van der Waals surface area contributed by atoms with Crippen LogP contribution in [0.4, 0.5) is 9.59 Å². The Balaban J connectivity index is 0.937. The van der Waals surface area contributed by atoms with E-state index in [0.717, 1.165) is 70.8 Å². The minimum atomic E-state index is -0.685. The molecule has 4 atom stereocenters. The van der Waals surface area contributed by atoms with Crippen LogP contribution in [0.1, 0.15) is 77.0 Å². The van der Waals surface area contributed by atoms with Crippen LogP contribution < -0.4 is 10.6 Å². The van der Waals surface area contributed by atoms with Gasteiger partial charge in [-0.25, -0.2) is 14.6 Å². The molecule has 14 nitrogen and oxygen atoms in total. The summed E-state index contributed by atoms with van der Waals surface area (Å²) in [6.07, 6.45) is 3.91. The number of nitrogens with zero attached hydrogens (tertiary/aromatic N) is 4. The molecule has 0 spiro atoms. The summed E-state index contributed by atoms with van der Waals surface area (Å²) in [6.45, 7) is 8.85. The quantitative estimate of drug-likeness (QED) is 0.0942. The third-order valence-corrected chi connectivity index (χ3v) is 14.2. The number of likely N-dealkylation sites (tertiary alicyclic amines) is 2. The lowest BCUT2D eigenvalue weighted by atomic mass is 10.0. The van der Waals surface area contributed by atoms with Crippen LogP contribution in [0.3, 0.4) is 0 Å². The fraction of sp³-hybridized carbons (Fsp3) is 0.391. The Morgan fingerprint density at radius 3 is 1.71 bits per heavy atom. The number of aromatic amines is 2. The molecule has 16 heteroatoms. The zero-order valence-electron chi connectivity index (χ0n) is 35.7. The fourth-order valence-electron chi connectivity index (χ4n) is 8.60. The van der Waals surface area contributed by atoms with Crippen LogP contribution in [0.25, 0.3) is 54.2 Å². The van der Waals surface area contributed by atoms with E-state index >= 15 is 0 Å². The van der Waals surface area contributed by atoms with Gasteiger partial charge in [0.2, 0.25) is 11.8 Å². The predicted octanol–water partition coefficient (Wildman–Crippen LogP) is 9.17. The highest BCUT2D eigenvalue weighted by atomic mass is 32.1. The third kappa shape index (κ3) is 8.45. The Morgan fingerprint density at radius 2 is 1.19 bits per heavy atom. The minimum Gasteiger partial charge on any atom is -0.453 e. The van der Waals surface area contributed by atoms with Gasteiger partial charge in [-0.2, -0.15) is 5.10 Å². The molecule has 0 aliphatic carbocycles. The normalized spacial score (nSPS) is 17.5. The summed E-state index contributed by atoms with van der Waals surface area (Å²) >= 11 is 3.49. The smallest absolute Gasteiger partial charge is 0.407 e. The number of carbonyl (C=O) groups is 4. The van der Waals surface area contributed by atoms with Gasteiger partial charge in [-0.05, 0) is 60.3 Å². The van der Waals surface area contributed by atoms with Crippen molar-refractivity contribution >= 4 is 56.1 Å². The van der Waals surface area contributed by atoms with Crippen molar-refractivity contribution in [3.63, 3.8) is 0 Å². The van der Waals surface area contributed by atoms with Crippen molar-refractivity contribution in [2.75, 3.05) is 27.3 Å². The second-order valence-corrected chi connectivity index (χ2v) is 18.4. The van der Waals surface area contributed by atoms with E-state index in [9.17, 15) is 19.2 Å². The molecule has 2 saturated heterocycles. The molecule has 2 aromatic carbocycles. The molecule has 2 aliphatic heterocycles. The molecule has 4 amide bonds. The summed E-state index contributed by atoms with van der Waals surface area (Å²) in [5.74, 6) is 0.281. The summed E-state index contributed by atoms with van der Waals surface area (Å²) in [5.41, 5.74) is 9.18. The molecular weight excluding hydrogens is 825 g/mol. The van der Waals surface area contributed by atoms with Crippen molar-refractivity contribution in [3.8, 4) is 44.8 Å². The molecule has 62 heavy (non-hydrogen) atoms. The van der Waals surface area contributed by atoms with Gasteiger partial charge in [-0.15, -0.1) is 22.7 Å². The SMILES string of the molecule is COC(=O)N[C@H](C(=O)N1CCCC1c1cc(-c2ccc(-c3csc4c(-c5ccc(-c6cnc(C7CCCN7C(=O)[C@@H](NC(=O)OC)C(C)C)[nH]6)cc5)csc34)cc2)n[nH]1)C(C)C. The Bertz CT molecular complexity index is 2380. The Kier molecular flexibility index (Phi) is 12.5. The average Bonchev–Trinajstić information content (AvgIpc) is 4.14. The van der Waals surface area contributed by atoms with E-state index in [4.69, 9.17) is 14.5 Å². The summed E-state index contributed by atoms with van der Waals surface area (Å²) in [6, 6.07) is 17.2. The molecule has 8 rings (SSSR count). The number of alkyl carbamates (subject to hydrolysis) is 2. The van der Waals surface area contributed by atoms with Crippen molar-refractivity contribution in [1.29, 1.82) is 0 Å². The van der Waals surface area contributed by atoms with E-state index in [-0.39, 0.29) is 35.7 Å². The molecule has 6 heterocycles. The predicted molar refractivity (Wildman–Crippen MR) is 241 cm³/mol. The molecule has 0 radical (unpaired) electrons. The van der Waals surface area contributed by atoms with Gasteiger partial charge >= 0.3 is 12.2 Å². The third-order valence-electron chi connectivity index (χ3n) is 12.0. The first-order valence-electron chi connectivity index (χ1n) is 21.1. The number of methoxy groups -OCH3 is 2. The van der Waals surface area contributed by atoms with Gasteiger partial charge in [0.15, 0.2) is 0 Å². The number of hydrogen-bond acceptors (Lipinski definition) is 10. The van der Waals surface area contributed by atoms with Crippen LogP contribution in [0.5, 0.6) is 0 Å². The lowest BCUT2D eigenvalue weighted by molar-refractivity contribution is -0.136. The zero-order valence-corrected chi connectivity index (χ0v) is 37.3. The van der Waals surface area contributed by atoms with Crippen molar-refractivity contribution in [2.24, 2.45) is 11.8 Å². The van der Waals surface area contributed by atoms with Gasteiger partial charge in [0, 0.05) is 40.5 Å². The first kappa shape index (κ1) is 42.7. The maximum Gasteiger partial charge on any atom is 0.407 e. The molecule has 2 fully saturated rings. The van der Waals surface area contributed by atoms with Gasteiger partial charge in [0.05, 0.1) is 59.0 Å². The Labute approximate surface area is 368 Å². The lowest BCUT2D eigenvalue weighted by Crippen LogP contribution is -2.51. The highest BCUT2D eigenvalue weighted by molar-refractivity contribution is 7.27. The van der Waals surface area contributed by atoms with E-state index in [1.54, 1.807) is 22.7 Å². The molecule has 0 bridgehead atoms. The number of ether oxygens (including phenoxy) is 2. The van der Waals surface area contributed by atoms with E-state index in [1.165, 1.54) is 34.7 Å². The van der Waals surface area contributed by atoms with Gasteiger partial charge < -0.3 is 34.9 Å². The van der Waals surface area contributed by atoms with Crippen molar-refractivity contribution < 1.29 is 28.7 Å². The number of H-pyrrole nitrogens is 2. The summed E-state index contributed by atoms with van der Waals surface area (Å²) < 4.78 is 12.0. The molecule has 6 aromatic rings. The van der Waals surface area contributed by atoms with Crippen LogP contribution in [0, 0.1) is 11.8 Å². The number of imidazole rings is 1. The number of thiophene rings is 2. The van der Waals surface area contributed by atoms with E-state index in [2.05, 4.69) is 85.1 Å². The van der Waals surface area contributed by atoms with E-state index in [1.807, 2.05) is 49.8 Å². The molecule has 0 saturated carbocycles. The van der Waals surface area contributed by atoms with Gasteiger partial charge in [-0.3, -0.25) is 14.7 Å². The second-order valence-electron chi connectivity index (χ2n) is 16.6. The van der Waals surface area contributed by atoms with Crippen molar-refractivity contribution in [3.05, 3.63) is 83.1 Å². The Hall–Kier alpha value is -6.00. The topological polar surface area (TPSA) is 175 Å². The maximum absolute atomic E-state index is 13.6. The van der Waals surface area contributed by atoms with Crippen molar-refractivity contribution in [1.82, 2.24) is 40.6 Å². The number of nitrogens with one attached hydrogen (secondary N) is 4. The number of aromatic nitrogens is 4. The molecule has 324 valence electrons. The molecular formula is C46H52N8O6S2. The second kappa shape index (κ2) is 18.2. The lowest BCUT2D eigenvalue weighted by Gasteiger charge is -2.30. The largest absolute Gasteiger partial charge is 0.453 e. The minimum absolute atomic E-state index is 0.0978. The van der Waals surface area contributed by atoms with Gasteiger partial charge in [0.1, 0.15) is 17.9 Å². The summed E-state index contributed by atoms with van der Waals surface area (Å²) in [4.78, 5) is 63.0. The fourth-order valence-corrected chi connectivity index (χ4v) is 11.1. The highest BCUT2D eigenvalue weighted by Crippen LogP contribution is 2.45.